The summed E-state index contributed by atoms with van der Waals surface area (Å²) in [7, 11) is 0. The number of anilines is 4. The van der Waals surface area contributed by atoms with Crippen molar-refractivity contribution in [1.29, 1.82) is 0 Å². The van der Waals surface area contributed by atoms with Crippen molar-refractivity contribution in [2.45, 2.75) is 13.0 Å². The number of carbonyl (C=O) groups excluding carboxylic acids is 1. The number of benzene rings is 2. The van der Waals surface area contributed by atoms with Crippen molar-refractivity contribution < 1.29 is 9.72 Å². The first-order valence-corrected chi connectivity index (χ1v) is 8.78. The molecule has 2 aromatic carbocycles. The number of nitrogens with one attached hydrogen (secondary N) is 2. The van der Waals surface area contributed by atoms with E-state index in [1.807, 2.05) is 12.1 Å². The highest BCUT2D eigenvalue weighted by Gasteiger charge is 2.10. The average molecular weight is 392 g/mol. The van der Waals surface area contributed by atoms with E-state index in [0.717, 1.165) is 11.3 Å². The smallest absolute Gasteiger partial charge is 0.269 e. The Kier molecular flexibility index (Phi) is 5.88. The second kappa shape index (κ2) is 8.70. The number of pyridine rings is 1. The molecule has 1 amide bonds. The summed E-state index contributed by atoms with van der Waals surface area (Å²) in [5.41, 5.74) is 14.5. The fourth-order valence-corrected chi connectivity index (χ4v) is 2.74. The second-order valence-corrected chi connectivity index (χ2v) is 6.40. The number of nitrogen functional groups attached to an aromatic ring is 1. The van der Waals surface area contributed by atoms with Gasteiger partial charge in [0.1, 0.15) is 5.82 Å². The van der Waals surface area contributed by atoms with Crippen LogP contribution in [-0.2, 0) is 17.8 Å². The van der Waals surface area contributed by atoms with E-state index in [1.54, 1.807) is 36.5 Å². The number of primary amides is 1. The maximum absolute atomic E-state index is 11.4. The van der Waals surface area contributed by atoms with Crippen LogP contribution in [0.1, 0.15) is 11.1 Å². The van der Waals surface area contributed by atoms with Crippen molar-refractivity contribution in [2.75, 3.05) is 16.4 Å². The lowest BCUT2D eigenvalue weighted by Gasteiger charge is -2.14. The van der Waals surface area contributed by atoms with Crippen LogP contribution in [0.4, 0.5) is 28.6 Å². The minimum Gasteiger partial charge on any atom is -0.399 e. The fourth-order valence-electron chi connectivity index (χ4n) is 2.74. The summed E-state index contributed by atoms with van der Waals surface area (Å²) in [6.45, 7) is 0.332. The van der Waals surface area contributed by atoms with Gasteiger partial charge in [-0.15, -0.1) is 0 Å². The Hall–Kier alpha value is -4.14. The zero-order valence-corrected chi connectivity index (χ0v) is 15.5. The molecular formula is C20H20N6O3. The third-order valence-corrected chi connectivity index (χ3v) is 4.14. The van der Waals surface area contributed by atoms with Gasteiger partial charge in [-0.3, -0.25) is 14.9 Å². The summed E-state index contributed by atoms with van der Waals surface area (Å²) in [6, 6.07) is 15.3. The van der Waals surface area contributed by atoms with Gasteiger partial charge >= 0.3 is 0 Å². The predicted molar refractivity (Wildman–Crippen MR) is 112 cm³/mol. The van der Waals surface area contributed by atoms with E-state index < -0.39 is 10.8 Å². The van der Waals surface area contributed by atoms with Crippen LogP contribution in [-0.4, -0.2) is 15.8 Å². The zero-order valence-electron chi connectivity index (χ0n) is 15.5. The predicted octanol–water partition coefficient (Wildman–Crippen LogP) is 2.96. The quantitative estimate of drug-likeness (QED) is 0.261. The molecule has 0 spiro atoms. The molecule has 0 saturated carbocycles. The molecule has 0 atom stereocenters. The van der Waals surface area contributed by atoms with Crippen LogP contribution in [0.15, 0.2) is 60.8 Å². The van der Waals surface area contributed by atoms with Crippen molar-refractivity contribution in [3.05, 3.63) is 82.0 Å². The van der Waals surface area contributed by atoms with Crippen LogP contribution in [0.5, 0.6) is 0 Å². The van der Waals surface area contributed by atoms with Gasteiger partial charge in [-0.2, -0.15) is 0 Å². The highest BCUT2D eigenvalue weighted by Crippen LogP contribution is 2.24. The van der Waals surface area contributed by atoms with Gasteiger partial charge in [0.25, 0.3) is 5.69 Å². The maximum atomic E-state index is 11.4. The summed E-state index contributed by atoms with van der Waals surface area (Å²) in [5.74, 6) is 0.0778. The number of nitrogens with two attached hydrogens (primary N) is 2. The van der Waals surface area contributed by atoms with Crippen LogP contribution in [0.2, 0.25) is 0 Å². The number of rotatable bonds is 8. The Morgan fingerprint density at radius 2 is 1.90 bits per heavy atom. The van der Waals surface area contributed by atoms with Gasteiger partial charge in [0.15, 0.2) is 0 Å². The summed E-state index contributed by atoms with van der Waals surface area (Å²) in [4.78, 5) is 26.2. The molecule has 29 heavy (non-hydrogen) atoms. The molecule has 6 N–H and O–H groups in total. The molecular weight excluding hydrogens is 372 g/mol. The van der Waals surface area contributed by atoms with Crippen molar-refractivity contribution in [3.63, 3.8) is 0 Å². The number of nitro groups is 1. The monoisotopic (exact) mass is 392 g/mol. The molecule has 1 heterocycles. The number of hydrogen-bond donors (Lipinski definition) is 4. The number of nitrogens with zero attached hydrogens (tertiary/aromatic N) is 2. The van der Waals surface area contributed by atoms with Crippen molar-refractivity contribution >= 4 is 34.5 Å². The molecule has 3 aromatic rings. The van der Waals surface area contributed by atoms with Crippen molar-refractivity contribution in [2.24, 2.45) is 5.73 Å². The lowest BCUT2D eigenvalue weighted by Crippen LogP contribution is -2.15. The Balaban J connectivity index is 1.81. The number of hydrogen-bond acceptors (Lipinski definition) is 7. The largest absolute Gasteiger partial charge is 0.399 e. The SMILES string of the molecule is NC(=O)Cc1cnc(Nc2ccc(N)cc2)cc1NCc1cccc([N+](=O)[O-])c1. The number of carbonyl (C=O) groups is 1. The number of non-ortho nitro benzene ring substituents is 1. The van der Waals surface area contributed by atoms with E-state index in [1.165, 1.54) is 12.1 Å². The molecule has 0 aliphatic carbocycles. The fraction of sp³-hybridized carbons (Fsp3) is 0.100. The van der Waals surface area contributed by atoms with E-state index in [0.29, 0.717) is 29.3 Å². The Bertz CT molecular complexity index is 1040. The molecule has 0 saturated heterocycles. The molecule has 1 aromatic heterocycles. The molecule has 9 heteroatoms. The molecule has 9 nitrogen and oxygen atoms in total. The van der Waals surface area contributed by atoms with E-state index in [-0.39, 0.29) is 12.1 Å². The standard InChI is InChI=1S/C20H20N6O3/c21-15-4-6-16(7-5-15)25-20-10-18(14(12-24-20)9-19(22)27)23-11-13-2-1-3-17(8-13)26(28)29/h1-8,10,12H,9,11,21H2,(H2,22,27)(H2,23,24,25). The molecule has 0 aliphatic rings. The Morgan fingerprint density at radius 3 is 2.59 bits per heavy atom. The van der Waals surface area contributed by atoms with Crippen LogP contribution in [0.25, 0.3) is 0 Å². The topological polar surface area (TPSA) is 149 Å². The summed E-state index contributed by atoms with van der Waals surface area (Å²) >= 11 is 0. The third-order valence-electron chi connectivity index (χ3n) is 4.14. The van der Waals surface area contributed by atoms with E-state index in [9.17, 15) is 14.9 Å². The zero-order chi connectivity index (χ0) is 20.8. The minimum atomic E-state index is -0.482. The minimum absolute atomic E-state index is 0.0158. The Labute approximate surface area is 166 Å². The van der Waals surface area contributed by atoms with Crippen molar-refractivity contribution in [1.82, 2.24) is 4.98 Å². The van der Waals surface area contributed by atoms with Crippen LogP contribution in [0, 0.1) is 10.1 Å². The first-order chi connectivity index (χ1) is 13.9. The average Bonchev–Trinajstić information content (AvgIpc) is 2.69. The summed E-state index contributed by atoms with van der Waals surface area (Å²) in [6.07, 6.45) is 1.59. The molecule has 0 bridgehead atoms. The second-order valence-electron chi connectivity index (χ2n) is 6.40. The molecule has 0 fully saturated rings. The van der Waals surface area contributed by atoms with Gasteiger partial charge in [0.2, 0.25) is 5.91 Å². The summed E-state index contributed by atoms with van der Waals surface area (Å²) < 4.78 is 0. The number of amides is 1. The molecule has 0 unspecified atom stereocenters. The van der Waals surface area contributed by atoms with Crippen LogP contribution in [0.3, 0.4) is 0 Å². The molecule has 148 valence electrons. The van der Waals surface area contributed by atoms with Gasteiger partial charge < -0.3 is 22.1 Å². The third kappa shape index (κ3) is 5.42. The van der Waals surface area contributed by atoms with Crippen LogP contribution >= 0.6 is 0 Å². The maximum Gasteiger partial charge on any atom is 0.269 e. The van der Waals surface area contributed by atoms with E-state index in [2.05, 4.69) is 15.6 Å². The van der Waals surface area contributed by atoms with E-state index in [4.69, 9.17) is 11.5 Å². The van der Waals surface area contributed by atoms with Crippen LogP contribution < -0.4 is 22.1 Å². The van der Waals surface area contributed by atoms with Gasteiger partial charge in [-0.1, -0.05) is 12.1 Å². The summed E-state index contributed by atoms with van der Waals surface area (Å²) in [5, 5.41) is 17.3. The van der Waals surface area contributed by atoms with Gasteiger partial charge in [-0.05, 0) is 29.8 Å². The molecule has 3 rings (SSSR count). The van der Waals surface area contributed by atoms with Crippen molar-refractivity contribution in [3.8, 4) is 0 Å². The number of aromatic nitrogens is 1. The molecule has 0 aliphatic heterocycles. The first-order valence-electron chi connectivity index (χ1n) is 8.78. The highest BCUT2D eigenvalue weighted by molar-refractivity contribution is 5.79. The van der Waals surface area contributed by atoms with Gasteiger partial charge in [0, 0.05) is 53.6 Å². The Morgan fingerprint density at radius 1 is 1.14 bits per heavy atom. The number of nitro benzene ring substituents is 1. The van der Waals surface area contributed by atoms with Gasteiger partial charge in [0.05, 0.1) is 11.3 Å². The van der Waals surface area contributed by atoms with E-state index >= 15 is 0 Å². The first kappa shape index (κ1) is 19.6. The lowest BCUT2D eigenvalue weighted by atomic mass is 10.1. The normalized spacial score (nSPS) is 10.3. The lowest BCUT2D eigenvalue weighted by molar-refractivity contribution is -0.384. The highest BCUT2D eigenvalue weighted by atomic mass is 16.6. The molecule has 0 radical (unpaired) electrons. The van der Waals surface area contributed by atoms with Gasteiger partial charge in [-0.25, -0.2) is 4.98 Å².